The Kier molecular flexibility index (Phi) is 4.90. The second-order valence-electron chi connectivity index (χ2n) is 6.43. The molecular formula is C23H21NO3. The molecule has 0 aliphatic carbocycles. The van der Waals surface area contributed by atoms with Gasteiger partial charge in [-0.25, -0.2) is 4.79 Å². The summed E-state index contributed by atoms with van der Waals surface area (Å²) >= 11 is 0. The molecule has 0 aromatic heterocycles. The van der Waals surface area contributed by atoms with Gasteiger partial charge in [0.2, 0.25) is 0 Å². The lowest BCUT2D eigenvalue weighted by Crippen LogP contribution is -2.38. The molecule has 0 unspecified atom stereocenters. The zero-order valence-electron chi connectivity index (χ0n) is 15.0. The molecule has 0 spiro atoms. The van der Waals surface area contributed by atoms with Crippen LogP contribution in [0.3, 0.4) is 0 Å². The van der Waals surface area contributed by atoms with Gasteiger partial charge in [-0.2, -0.15) is 0 Å². The van der Waals surface area contributed by atoms with Gasteiger partial charge >= 0.3 is 6.09 Å². The zero-order chi connectivity index (χ0) is 18.5. The van der Waals surface area contributed by atoms with Crippen LogP contribution in [-0.4, -0.2) is 30.9 Å². The molecule has 1 amide bonds. The van der Waals surface area contributed by atoms with E-state index < -0.39 is 5.60 Å². The molecule has 3 aromatic carbocycles. The van der Waals surface area contributed by atoms with E-state index in [9.17, 15) is 4.79 Å². The summed E-state index contributed by atoms with van der Waals surface area (Å²) in [6, 6.07) is 30.3. The first-order valence-electron chi connectivity index (χ1n) is 9.03. The summed E-state index contributed by atoms with van der Waals surface area (Å²) in [5.74, 6) is 0. The van der Waals surface area contributed by atoms with Crippen LogP contribution in [0.4, 0.5) is 4.79 Å². The maximum atomic E-state index is 11.9. The smallest absolute Gasteiger partial charge is 0.411 e. The number of carbonyl (C=O) groups excluding carboxylic acids is 1. The maximum absolute atomic E-state index is 11.9. The van der Waals surface area contributed by atoms with Gasteiger partial charge in [0.15, 0.2) is 0 Å². The lowest BCUT2D eigenvalue weighted by molar-refractivity contribution is -0.0349. The quantitative estimate of drug-likeness (QED) is 0.612. The molecule has 0 N–H and O–H groups in total. The van der Waals surface area contributed by atoms with E-state index in [-0.39, 0.29) is 12.8 Å². The van der Waals surface area contributed by atoms with Gasteiger partial charge in [-0.05, 0) is 16.7 Å². The second kappa shape index (κ2) is 7.64. The molecule has 0 bridgehead atoms. The van der Waals surface area contributed by atoms with Crippen molar-refractivity contribution in [1.82, 2.24) is 4.90 Å². The monoisotopic (exact) mass is 359 g/mol. The largest absolute Gasteiger partial charge is 0.447 e. The van der Waals surface area contributed by atoms with Gasteiger partial charge in [0.05, 0.1) is 6.54 Å². The molecule has 3 aromatic rings. The normalized spacial score (nSPS) is 14.2. The lowest BCUT2D eigenvalue weighted by Gasteiger charge is -2.36. The first-order valence-corrected chi connectivity index (χ1v) is 9.03. The fourth-order valence-corrected chi connectivity index (χ4v) is 3.49. The fourth-order valence-electron chi connectivity index (χ4n) is 3.49. The van der Waals surface area contributed by atoms with Gasteiger partial charge in [0.1, 0.15) is 18.9 Å². The molecule has 4 nitrogen and oxygen atoms in total. The topological polar surface area (TPSA) is 38.8 Å². The predicted molar refractivity (Wildman–Crippen MR) is 103 cm³/mol. The number of hydrogen-bond donors (Lipinski definition) is 0. The third-order valence-electron chi connectivity index (χ3n) is 4.82. The lowest BCUT2D eigenvalue weighted by atomic mass is 9.80. The molecule has 4 rings (SSSR count). The molecule has 1 aliphatic rings. The Labute approximate surface area is 159 Å². The third kappa shape index (κ3) is 3.32. The van der Waals surface area contributed by atoms with Gasteiger partial charge in [0, 0.05) is 0 Å². The van der Waals surface area contributed by atoms with Crippen LogP contribution in [0.15, 0.2) is 91.0 Å². The Bertz CT molecular complexity index is 785. The SMILES string of the molecule is O=C1OCCN1COC(c1ccccc1)(c1ccccc1)c1ccccc1. The first kappa shape index (κ1) is 17.3. The summed E-state index contributed by atoms with van der Waals surface area (Å²) in [5, 5.41) is 0. The van der Waals surface area contributed by atoms with Crippen LogP contribution in [0.25, 0.3) is 0 Å². The van der Waals surface area contributed by atoms with E-state index in [0.717, 1.165) is 16.7 Å². The average molecular weight is 359 g/mol. The van der Waals surface area contributed by atoms with Crippen molar-refractivity contribution < 1.29 is 14.3 Å². The van der Waals surface area contributed by atoms with E-state index in [4.69, 9.17) is 9.47 Å². The van der Waals surface area contributed by atoms with Crippen molar-refractivity contribution in [2.45, 2.75) is 5.60 Å². The highest BCUT2D eigenvalue weighted by molar-refractivity contribution is 5.69. The van der Waals surface area contributed by atoms with Crippen molar-refractivity contribution >= 4 is 6.09 Å². The van der Waals surface area contributed by atoms with E-state index >= 15 is 0 Å². The van der Waals surface area contributed by atoms with E-state index in [2.05, 4.69) is 36.4 Å². The van der Waals surface area contributed by atoms with Crippen molar-refractivity contribution in [2.75, 3.05) is 19.9 Å². The Balaban J connectivity index is 1.85. The molecule has 1 fully saturated rings. The predicted octanol–water partition coefficient (Wildman–Crippen LogP) is 4.40. The Morgan fingerprint density at radius 3 is 1.59 bits per heavy atom. The van der Waals surface area contributed by atoms with Crippen LogP contribution in [0.1, 0.15) is 16.7 Å². The minimum atomic E-state index is -0.827. The van der Waals surface area contributed by atoms with E-state index in [0.29, 0.717) is 13.2 Å². The number of cyclic esters (lactones) is 1. The summed E-state index contributed by atoms with van der Waals surface area (Å²) in [6.07, 6.45) is -0.335. The van der Waals surface area contributed by atoms with E-state index in [1.165, 1.54) is 0 Å². The summed E-state index contributed by atoms with van der Waals surface area (Å²) < 4.78 is 11.6. The van der Waals surface area contributed by atoms with E-state index in [1.54, 1.807) is 4.90 Å². The number of rotatable bonds is 6. The minimum Gasteiger partial charge on any atom is -0.447 e. The van der Waals surface area contributed by atoms with Crippen molar-refractivity contribution in [3.05, 3.63) is 108 Å². The Morgan fingerprint density at radius 1 is 0.778 bits per heavy atom. The standard InChI is InChI=1S/C23H21NO3/c25-22-24(16-17-26-22)18-27-23(19-10-4-1-5-11-19,20-12-6-2-7-13-20)21-14-8-3-9-15-21/h1-15H,16-18H2. The van der Waals surface area contributed by atoms with Gasteiger partial charge in [-0.3, -0.25) is 4.90 Å². The summed E-state index contributed by atoms with van der Waals surface area (Å²) in [6.45, 7) is 1.09. The molecule has 1 aliphatic heterocycles. The average Bonchev–Trinajstić information content (AvgIpc) is 3.16. The van der Waals surface area contributed by atoms with Crippen LogP contribution >= 0.6 is 0 Å². The molecule has 0 atom stereocenters. The van der Waals surface area contributed by atoms with Crippen molar-refractivity contribution in [2.24, 2.45) is 0 Å². The van der Waals surface area contributed by atoms with Crippen molar-refractivity contribution in [3.63, 3.8) is 0 Å². The Hall–Kier alpha value is -3.11. The van der Waals surface area contributed by atoms with Gasteiger partial charge in [0.25, 0.3) is 0 Å². The first-order chi connectivity index (χ1) is 13.3. The van der Waals surface area contributed by atoms with Gasteiger partial charge in [-0.15, -0.1) is 0 Å². The Morgan fingerprint density at radius 2 is 1.22 bits per heavy atom. The van der Waals surface area contributed by atoms with Crippen LogP contribution in [-0.2, 0) is 15.1 Å². The van der Waals surface area contributed by atoms with E-state index in [1.807, 2.05) is 54.6 Å². The molecule has 1 heterocycles. The van der Waals surface area contributed by atoms with Crippen LogP contribution in [0.5, 0.6) is 0 Å². The molecule has 0 radical (unpaired) electrons. The summed E-state index contributed by atoms with van der Waals surface area (Å²) in [5.41, 5.74) is 2.20. The highest BCUT2D eigenvalue weighted by Gasteiger charge is 2.39. The second-order valence-corrected chi connectivity index (χ2v) is 6.43. The molecular weight excluding hydrogens is 338 g/mol. The van der Waals surface area contributed by atoms with Crippen LogP contribution in [0, 0.1) is 0 Å². The maximum Gasteiger partial charge on any atom is 0.411 e. The number of carbonyl (C=O) groups is 1. The van der Waals surface area contributed by atoms with Gasteiger partial charge < -0.3 is 9.47 Å². The zero-order valence-corrected chi connectivity index (χ0v) is 15.0. The summed E-state index contributed by atoms with van der Waals surface area (Å²) in [4.78, 5) is 13.5. The van der Waals surface area contributed by atoms with Crippen LogP contribution < -0.4 is 0 Å². The minimum absolute atomic E-state index is 0.150. The molecule has 136 valence electrons. The number of nitrogens with zero attached hydrogens (tertiary/aromatic N) is 1. The number of benzene rings is 3. The number of ether oxygens (including phenoxy) is 2. The fraction of sp³-hybridized carbons (Fsp3) is 0.174. The number of hydrogen-bond acceptors (Lipinski definition) is 3. The highest BCUT2D eigenvalue weighted by Crippen LogP contribution is 2.40. The molecule has 27 heavy (non-hydrogen) atoms. The van der Waals surface area contributed by atoms with Crippen LogP contribution in [0.2, 0.25) is 0 Å². The van der Waals surface area contributed by atoms with Crippen molar-refractivity contribution in [3.8, 4) is 0 Å². The number of amides is 1. The molecule has 0 saturated carbocycles. The highest BCUT2D eigenvalue weighted by atomic mass is 16.6. The summed E-state index contributed by atoms with van der Waals surface area (Å²) in [7, 11) is 0. The molecule has 1 saturated heterocycles. The third-order valence-corrected chi connectivity index (χ3v) is 4.82. The van der Waals surface area contributed by atoms with Crippen molar-refractivity contribution in [1.29, 1.82) is 0 Å². The van der Waals surface area contributed by atoms with Gasteiger partial charge in [-0.1, -0.05) is 91.0 Å². The molecule has 4 heteroatoms.